The number of hydrogen-bond acceptors (Lipinski definition) is 2. The maximum absolute atomic E-state index is 12.4. The molecule has 0 spiro atoms. The lowest BCUT2D eigenvalue weighted by Crippen LogP contribution is -2.07. The fourth-order valence-electron chi connectivity index (χ4n) is 1.83. The van der Waals surface area contributed by atoms with Crippen LogP contribution in [-0.2, 0) is 20.9 Å². The summed E-state index contributed by atoms with van der Waals surface area (Å²) in [6.07, 6.45) is 0. The summed E-state index contributed by atoms with van der Waals surface area (Å²) in [5, 5.41) is 0.991. The number of sulfone groups is 1. The zero-order valence-corrected chi connectivity index (χ0v) is 13.2. The third-order valence-electron chi connectivity index (χ3n) is 2.70. The predicted molar refractivity (Wildman–Crippen MR) is 81.4 cm³/mol. The fraction of sp³-hybridized carbons (Fsp3) is 0.143. The molecule has 2 aromatic rings. The smallest absolute Gasteiger partial charge is 0.182 e. The van der Waals surface area contributed by atoms with Crippen molar-refractivity contribution in [1.82, 2.24) is 0 Å². The van der Waals surface area contributed by atoms with Crippen LogP contribution < -0.4 is 0 Å². The highest BCUT2D eigenvalue weighted by molar-refractivity contribution is 9.08. The fourth-order valence-corrected chi connectivity index (χ4v) is 4.26. The molecule has 0 aromatic heterocycles. The van der Waals surface area contributed by atoms with Gasteiger partial charge < -0.3 is 0 Å². The van der Waals surface area contributed by atoms with Crippen molar-refractivity contribution in [3.63, 3.8) is 0 Å². The van der Waals surface area contributed by atoms with Crippen LogP contribution in [0.2, 0.25) is 5.02 Å². The Bertz CT molecular complexity index is 669. The zero-order chi connectivity index (χ0) is 13.9. The SMILES string of the molecule is O=S(=O)(Cc1ccccc1)c1ccc(Cl)cc1CBr. The van der Waals surface area contributed by atoms with Gasteiger partial charge >= 0.3 is 0 Å². The van der Waals surface area contributed by atoms with Gasteiger partial charge in [0.15, 0.2) is 9.84 Å². The van der Waals surface area contributed by atoms with Gasteiger partial charge in [-0.3, -0.25) is 0 Å². The molecule has 0 aliphatic heterocycles. The number of benzene rings is 2. The van der Waals surface area contributed by atoms with Crippen molar-refractivity contribution >= 4 is 37.4 Å². The molecule has 0 bridgehead atoms. The number of alkyl halides is 1. The van der Waals surface area contributed by atoms with Gasteiger partial charge in [-0.05, 0) is 29.3 Å². The first-order valence-electron chi connectivity index (χ1n) is 5.64. The van der Waals surface area contributed by atoms with Crippen LogP contribution >= 0.6 is 27.5 Å². The Morgan fingerprint density at radius 3 is 2.37 bits per heavy atom. The largest absolute Gasteiger partial charge is 0.223 e. The summed E-state index contributed by atoms with van der Waals surface area (Å²) in [7, 11) is -3.36. The maximum Gasteiger partial charge on any atom is 0.182 e. The van der Waals surface area contributed by atoms with Gasteiger partial charge in [-0.15, -0.1) is 0 Å². The third-order valence-corrected chi connectivity index (χ3v) is 5.32. The van der Waals surface area contributed by atoms with Crippen LogP contribution in [0.15, 0.2) is 53.4 Å². The summed E-state index contributed by atoms with van der Waals surface area (Å²) >= 11 is 9.19. The standard InChI is InChI=1S/C14H12BrClO2S/c15-9-12-8-13(16)6-7-14(12)19(17,18)10-11-4-2-1-3-5-11/h1-8H,9-10H2. The van der Waals surface area contributed by atoms with E-state index in [2.05, 4.69) is 15.9 Å². The normalized spacial score (nSPS) is 11.5. The molecule has 0 saturated heterocycles. The van der Waals surface area contributed by atoms with E-state index >= 15 is 0 Å². The van der Waals surface area contributed by atoms with E-state index in [-0.39, 0.29) is 5.75 Å². The summed E-state index contributed by atoms with van der Waals surface area (Å²) in [5.41, 5.74) is 1.46. The lowest BCUT2D eigenvalue weighted by molar-refractivity contribution is 0.594. The topological polar surface area (TPSA) is 34.1 Å². The van der Waals surface area contributed by atoms with Gasteiger partial charge in [0.2, 0.25) is 0 Å². The number of hydrogen-bond donors (Lipinski definition) is 0. The average molecular weight is 360 g/mol. The number of halogens is 2. The lowest BCUT2D eigenvalue weighted by atomic mass is 10.2. The Labute approximate surface area is 126 Å². The Kier molecular flexibility index (Phi) is 4.66. The first kappa shape index (κ1) is 14.6. The highest BCUT2D eigenvalue weighted by Gasteiger charge is 2.19. The molecule has 0 heterocycles. The lowest BCUT2D eigenvalue weighted by Gasteiger charge is -2.09. The van der Waals surface area contributed by atoms with E-state index in [9.17, 15) is 8.42 Å². The minimum absolute atomic E-state index is 0.00449. The van der Waals surface area contributed by atoms with Gasteiger partial charge in [-0.1, -0.05) is 57.9 Å². The van der Waals surface area contributed by atoms with E-state index in [4.69, 9.17) is 11.6 Å². The van der Waals surface area contributed by atoms with E-state index in [0.29, 0.717) is 20.8 Å². The molecular weight excluding hydrogens is 348 g/mol. The first-order chi connectivity index (χ1) is 9.03. The molecular formula is C14H12BrClO2S. The van der Waals surface area contributed by atoms with Crippen molar-refractivity contribution in [3.05, 3.63) is 64.7 Å². The summed E-state index contributed by atoms with van der Waals surface area (Å²) in [6.45, 7) is 0. The van der Waals surface area contributed by atoms with Crippen LogP contribution in [0.25, 0.3) is 0 Å². The van der Waals surface area contributed by atoms with Crippen LogP contribution in [0.4, 0.5) is 0 Å². The van der Waals surface area contributed by atoms with Crippen molar-refractivity contribution < 1.29 is 8.42 Å². The second-order valence-corrected chi connectivity index (χ2v) is 7.09. The molecule has 5 heteroatoms. The third kappa shape index (κ3) is 3.59. The molecule has 19 heavy (non-hydrogen) atoms. The quantitative estimate of drug-likeness (QED) is 0.766. The molecule has 0 amide bonds. The van der Waals surface area contributed by atoms with E-state index in [1.807, 2.05) is 18.2 Å². The molecule has 2 aromatic carbocycles. The van der Waals surface area contributed by atoms with Crippen molar-refractivity contribution in [2.24, 2.45) is 0 Å². The monoisotopic (exact) mass is 358 g/mol. The van der Waals surface area contributed by atoms with Gasteiger partial charge in [0, 0.05) is 10.4 Å². The molecule has 0 aliphatic carbocycles. The highest BCUT2D eigenvalue weighted by Crippen LogP contribution is 2.25. The Morgan fingerprint density at radius 1 is 1.05 bits per heavy atom. The first-order valence-corrected chi connectivity index (χ1v) is 8.79. The van der Waals surface area contributed by atoms with Gasteiger partial charge in [0.05, 0.1) is 10.6 Å². The van der Waals surface area contributed by atoms with E-state index in [1.165, 1.54) is 0 Å². The van der Waals surface area contributed by atoms with Crippen LogP contribution in [0.1, 0.15) is 11.1 Å². The van der Waals surface area contributed by atoms with Gasteiger partial charge in [-0.2, -0.15) is 0 Å². The molecule has 0 radical (unpaired) electrons. The van der Waals surface area contributed by atoms with Crippen molar-refractivity contribution in [2.75, 3.05) is 0 Å². The van der Waals surface area contributed by atoms with Gasteiger partial charge in [0.1, 0.15) is 0 Å². The Hall–Kier alpha value is -0.840. The molecule has 0 saturated carbocycles. The van der Waals surface area contributed by atoms with E-state index in [1.54, 1.807) is 30.3 Å². The van der Waals surface area contributed by atoms with Crippen LogP contribution in [0, 0.1) is 0 Å². The molecule has 0 unspecified atom stereocenters. The van der Waals surface area contributed by atoms with Crippen LogP contribution in [-0.4, -0.2) is 8.42 Å². The van der Waals surface area contributed by atoms with Crippen molar-refractivity contribution in [2.45, 2.75) is 16.0 Å². The Morgan fingerprint density at radius 2 is 1.74 bits per heavy atom. The summed E-state index contributed by atoms with van der Waals surface area (Å²) in [6, 6.07) is 14.0. The molecule has 2 rings (SSSR count). The summed E-state index contributed by atoms with van der Waals surface area (Å²) in [4.78, 5) is 0.331. The van der Waals surface area contributed by atoms with E-state index < -0.39 is 9.84 Å². The predicted octanol–water partition coefficient (Wildman–Crippen LogP) is 4.21. The molecule has 0 fully saturated rings. The van der Waals surface area contributed by atoms with Crippen molar-refractivity contribution in [1.29, 1.82) is 0 Å². The summed E-state index contributed by atoms with van der Waals surface area (Å²) in [5.74, 6) is -0.00449. The second kappa shape index (κ2) is 6.07. The molecule has 100 valence electrons. The Balaban J connectivity index is 2.40. The second-order valence-electron chi connectivity index (χ2n) is 4.13. The van der Waals surface area contributed by atoms with Crippen LogP contribution in [0.5, 0.6) is 0 Å². The minimum atomic E-state index is -3.36. The molecule has 0 atom stereocenters. The van der Waals surface area contributed by atoms with Gasteiger partial charge in [0.25, 0.3) is 0 Å². The highest BCUT2D eigenvalue weighted by atomic mass is 79.9. The zero-order valence-electron chi connectivity index (χ0n) is 10.0. The van der Waals surface area contributed by atoms with E-state index in [0.717, 1.165) is 5.56 Å². The number of rotatable bonds is 4. The summed E-state index contributed by atoms with van der Waals surface area (Å²) < 4.78 is 24.9. The minimum Gasteiger partial charge on any atom is -0.223 e. The van der Waals surface area contributed by atoms with Crippen LogP contribution in [0.3, 0.4) is 0 Å². The molecule has 0 aliphatic rings. The average Bonchev–Trinajstić information content (AvgIpc) is 2.38. The van der Waals surface area contributed by atoms with Gasteiger partial charge in [-0.25, -0.2) is 8.42 Å². The van der Waals surface area contributed by atoms with Crippen molar-refractivity contribution in [3.8, 4) is 0 Å². The molecule has 2 nitrogen and oxygen atoms in total. The maximum atomic E-state index is 12.4. The molecule has 0 N–H and O–H groups in total.